The van der Waals surface area contributed by atoms with Gasteiger partial charge in [0.15, 0.2) is 0 Å². The highest BCUT2D eigenvalue weighted by Gasteiger charge is 2.22. The van der Waals surface area contributed by atoms with E-state index in [0.717, 1.165) is 25.7 Å². The van der Waals surface area contributed by atoms with Gasteiger partial charge in [-0.25, -0.2) is 8.42 Å². The summed E-state index contributed by atoms with van der Waals surface area (Å²) in [6.45, 7) is 0. The zero-order valence-corrected chi connectivity index (χ0v) is 12.2. The van der Waals surface area contributed by atoms with E-state index in [2.05, 4.69) is 4.72 Å². The van der Waals surface area contributed by atoms with Crippen molar-refractivity contribution in [2.45, 2.75) is 32.1 Å². The minimum absolute atomic E-state index is 0.110. The van der Waals surface area contributed by atoms with Gasteiger partial charge in [0.25, 0.3) is 0 Å². The number of phenolic OH excluding ortho intramolecular Hbond substituents is 1. The Labute approximate surface area is 118 Å². The van der Waals surface area contributed by atoms with Crippen molar-refractivity contribution in [2.75, 3.05) is 10.5 Å². The summed E-state index contributed by atoms with van der Waals surface area (Å²) < 4.78 is 26.5. The van der Waals surface area contributed by atoms with Crippen LogP contribution in [-0.4, -0.2) is 19.3 Å². The molecule has 0 bridgehead atoms. The van der Waals surface area contributed by atoms with Crippen LogP contribution in [0.25, 0.3) is 0 Å². The molecule has 0 aromatic heterocycles. The van der Waals surface area contributed by atoms with E-state index >= 15 is 0 Å². The van der Waals surface area contributed by atoms with E-state index in [4.69, 9.17) is 11.6 Å². The predicted molar refractivity (Wildman–Crippen MR) is 77.1 cm³/mol. The number of aromatic hydroxyl groups is 1. The lowest BCUT2D eigenvalue weighted by Crippen LogP contribution is -2.24. The number of hydrogen-bond acceptors (Lipinski definition) is 3. The van der Waals surface area contributed by atoms with Crippen molar-refractivity contribution in [1.29, 1.82) is 0 Å². The van der Waals surface area contributed by atoms with Gasteiger partial charge in [0.1, 0.15) is 5.75 Å². The van der Waals surface area contributed by atoms with Gasteiger partial charge in [0.05, 0.1) is 11.4 Å². The van der Waals surface area contributed by atoms with E-state index in [-0.39, 0.29) is 23.1 Å². The van der Waals surface area contributed by atoms with E-state index in [1.54, 1.807) is 0 Å². The number of hydrogen-bond donors (Lipinski definition) is 2. The molecule has 0 heterocycles. The largest absolute Gasteiger partial charge is 0.506 e. The lowest BCUT2D eigenvalue weighted by molar-refractivity contribution is 0.385. The molecule has 1 aliphatic carbocycles. The van der Waals surface area contributed by atoms with Crippen LogP contribution in [0.1, 0.15) is 32.1 Å². The van der Waals surface area contributed by atoms with Gasteiger partial charge in [0, 0.05) is 5.02 Å². The molecule has 1 aliphatic rings. The second kappa shape index (κ2) is 6.01. The number of rotatable bonds is 4. The highest BCUT2D eigenvalue weighted by atomic mass is 35.5. The summed E-state index contributed by atoms with van der Waals surface area (Å²) >= 11 is 5.79. The van der Waals surface area contributed by atoms with Gasteiger partial charge >= 0.3 is 0 Å². The molecule has 1 aromatic rings. The van der Waals surface area contributed by atoms with Gasteiger partial charge in [-0.2, -0.15) is 0 Å². The molecule has 2 N–H and O–H groups in total. The molecule has 0 atom stereocenters. The molecule has 0 saturated heterocycles. The van der Waals surface area contributed by atoms with Gasteiger partial charge in [-0.1, -0.05) is 30.9 Å². The van der Waals surface area contributed by atoms with Gasteiger partial charge in [-0.15, -0.1) is 0 Å². The topological polar surface area (TPSA) is 66.4 Å². The van der Waals surface area contributed by atoms with Crippen LogP contribution in [0.15, 0.2) is 18.2 Å². The Kier molecular flexibility index (Phi) is 4.58. The normalized spacial score (nSPS) is 17.3. The highest BCUT2D eigenvalue weighted by molar-refractivity contribution is 7.92. The Bertz CT molecular complexity index is 539. The molecule has 1 saturated carbocycles. The molecule has 4 nitrogen and oxygen atoms in total. The number of sulfonamides is 1. The van der Waals surface area contributed by atoms with E-state index in [9.17, 15) is 13.5 Å². The summed E-state index contributed by atoms with van der Waals surface area (Å²) in [5.74, 6) is 0.211. The molecule has 0 radical (unpaired) electrons. The first-order valence-corrected chi connectivity index (χ1v) is 8.48. The van der Waals surface area contributed by atoms with Crippen LogP contribution in [-0.2, 0) is 10.0 Å². The van der Waals surface area contributed by atoms with Gasteiger partial charge in [-0.3, -0.25) is 4.72 Å². The van der Waals surface area contributed by atoms with E-state index < -0.39 is 10.0 Å². The monoisotopic (exact) mass is 303 g/mol. The third-order valence-corrected chi connectivity index (χ3v) is 5.08. The highest BCUT2D eigenvalue weighted by Crippen LogP contribution is 2.29. The number of anilines is 1. The van der Waals surface area contributed by atoms with Crippen LogP contribution in [0.5, 0.6) is 5.75 Å². The average Bonchev–Trinajstić information content (AvgIpc) is 2.34. The van der Waals surface area contributed by atoms with Crippen LogP contribution in [0.3, 0.4) is 0 Å². The third-order valence-electron chi connectivity index (χ3n) is 3.40. The fourth-order valence-electron chi connectivity index (χ4n) is 2.46. The van der Waals surface area contributed by atoms with Crippen molar-refractivity contribution >= 4 is 27.3 Å². The summed E-state index contributed by atoms with van der Waals surface area (Å²) in [6.07, 6.45) is 5.31. The Balaban J connectivity index is 2.05. The van der Waals surface area contributed by atoms with E-state index in [0.29, 0.717) is 5.02 Å². The maximum atomic E-state index is 12.1. The number of nitrogens with one attached hydrogen (secondary N) is 1. The second-order valence-electron chi connectivity index (χ2n) is 5.05. The molecule has 0 amide bonds. The van der Waals surface area contributed by atoms with Crippen molar-refractivity contribution in [3.63, 3.8) is 0 Å². The Morgan fingerprint density at radius 1 is 1.26 bits per heavy atom. The summed E-state index contributed by atoms with van der Waals surface area (Å²) in [6, 6.07) is 4.30. The minimum Gasteiger partial charge on any atom is -0.506 e. The summed E-state index contributed by atoms with van der Waals surface area (Å²) in [5, 5.41) is 10.0. The third kappa shape index (κ3) is 4.28. The molecule has 0 unspecified atom stereocenters. The van der Waals surface area contributed by atoms with Crippen molar-refractivity contribution in [2.24, 2.45) is 5.92 Å². The Morgan fingerprint density at radius 3 is 2.63 bits per heavy atom. The van der Waals surface area contributed by atoms with Gasteiger partial charge in [-0.05, 0) is 37.0 Å². The average molecular weight is 304 g/mol. The van der Waals surface area contributed by atoms with Gasteiger partial charge in [0.2, 0.25) is 10.0 Å². The first kappa shape index (κ1) is 14.5. The molecule has 1 fully saturated rings. The number of benzene rings is 1. The molecule has 0 spiro atoms. The predicted octanol–water partition coefficient (Wildman–Crippen LogP) is 3.37. The smallest absolute Gasteiger partial charge is 0.233 e. The van der Waals surface area contributed by atoms with Crippen molar-refractivity contribution in [1.82, 2.24) is 0 Å². The van der Waals surface area contributed by atoms with Crippen LogP contribution in [0.2, 0.25) is 5.02 Å². The maximum Gasteiger partial charge on any atom is 0.233 e. The lowest BCUT2D eigenvalue weighted by atomic mass is 9.91. The van der Waals surface area contributed by atoms with Crippen molar-refractivity contribution < 1.29 is 13.5 Å². The molecule has 2 rings (SSSR count). The maximum absolute atomic E-state index is 12.1. The standard InChI is InChI=1S/C13H18ClNO3S/c14-11-6-7-13(16)12(8-11)15-19(17,18)9-10-4-2-1-3-5-10/h6-8,10,15-16H,1-5,9H2. The summed E-state index contributed by atoms with van der Waals surface area (Å²) in [5.41, 5.74) is 0.142. The number of halogens is 1. The first-order valence-electron chi connectivity index (χ1n) is 6.45. The fraction of sp³-hybridized carbons (Fsp3) is 0.538. The van der Waals surface area contributed by atoms with Crippen LogP contribution in [0, 0.1) is 5.92 Å². The Hall–Kier alpha value is -0.940. The fourth-order valence-corrected chi connectivity index (χ4v) is 4.17. The van der Waals surface area contributed by atoms with Gasteiger partial charge < -0.3 is 5.11 Å². The molecule has 6 heteroatoms. The second-order valence-corrected chi connectivity index (χ2v) is 7.25. The van der Waals surface area contributed by atoms with Crippen LogP contribution >= 0.6 is 11.6 Å². The van der Waals surface area contributed by atoms with E-state index in [1.165, 1.54) is 24.6 Å². The molecule has 1 aromatic carbocycles. The first-order chi connectivity index (χ1) is 8.96. The summed E-state index contributed by atoms with van der Waals surface area (Å²) in [4.78, 5) is 0. The van der Waals surface area contributed by atoms with Crippen molar-refractivity contribution in [3.05, 3.63) is 23.2 Å². The summed E-state index contributed by atoms with van der Waals surface area (Å²) in [7, 11) is -3.44. The molecule has 106 valence electrons. The van der Waals surface area contributed by atoms with Crippen molar-refractivity contribution in [3.8, 4) is 5.75 Å². The van der Waals surface area contributed by atoms with Crippen LogP contribution in [0.4, 0.5) is 5.69 Å². The molecular weight excluding hydrogens is 286 g/mol. The minimum atomic E-state index is -3.44. The molecule has 0 aliphatic heterocycles. The molecular formula is C13H18ClNO3S. The van der Waals surface area contributed by atoms with E-state index in [1.807, 2.05) is 0 Å². The molecule has 19 heavy (non-hydrogen) atoms. The Morgan fingerprint density at radius 2 is 1.95 bits per heavy atom. The number of phenols is 1. The SMILES string of the molecule is O=S(=O)(CC1CCCCC1)Nc1cc(Cl)ccc1O. The van der Waals surface area contributed by atoms with Crippen LogP contribution < -0.4 is 4.72 Å². The lowest BCUT2D eigenvalue weighted by Gasteiger charge is -2.21. The zero-order valence-electron chi connectivity index (χ0n) is 10.6. The quantitative estimate of drug-likeness (QED) is 0.838. The zero-order chi connectivity index (χ0) is 13.9.